The Morgan fingerprint density at radius 3 is 2.58 bits per heavy atom. The normalized spacial score (nSPS) is 15.1. The molecule has 8 nitrogen and oxygen atoms in total. The Morgan fingerprint density at radius 2 is 2.00 bits per heavy atom. The summed E-state index contributed by atoms with van der Waals surface area (Å²) in [6.07, 6.45) is 7.16. The number of anilines is 1. The Hall–Kier alpha value is -2.38. The minimum atomic E-state index is -0.664. The molecule has 2 rings (SSSR count). The third kappa shape index (κ3) is 5.68. The smallest absolute Gasteiger partial charge is 0.407 e. The summed E-state index contributed by atoms with van der Waals surface area (Å²) < 4.78 is 4.66. The van der Waals surface area contributed by atoms with Crippen molar-refractivity contribution >= 4 is 17.9 Å². The summed E-state index contributed by atoms with van der Waals surface area (Å²) in [4.78, 5) is 33.0. The number of hydrogen-bond donors (Lipinski definition) is 2. The van der Waals surface area contributed by atoms with Crippen molar-refractivity contribution in [2.75, 3.05) is 31.1 Å². The summed E-state index contributed by atoms with van der Waals surface area (Å²) in [7, 11) is 0. The first-order chi connectivity index (χ1) is 11.6. The summed E-state index contributed by atoms with van der Waals surface area (Å²) >= 11 is 0. The number of piperidine rings is 1. The van der Waals surface area contributed by atoms with E-state index in [-0.39, 0.29) is 0 Å². The minimum absolute atomic E-state index is 0.377. The van der Waals surface area contributed by atoms with Gasteiger partial charge >= 0.3 is 6.09 Å². The number of carbonyl (C=O) groups excluding carboxylic acids is 2. The van der Waals surface area contributed by atoms with Crippen LogP contribution in [0.2, 0.25) is 0 Å². The number of aromatic nitrogens is 2. The van der Waals surface area contributed by atoms with Gasteiger partial charge in [0.2, 0.25) is 5.95 Å². The second kappa shape index (κ2) is 9.05. The van der Waals surface area contributed by atoms with Crippen molar-refractivity contribution in [3.63, 3.8) is 0 Å². The summed E-state index contributed by atoms with van der Waals surface area (Å²) in [6, 6.07) is 0. The van der Waals surface area contributed by atoms with Gasteiger partial charge in [-0.15, -0.1) is 0 Å². The summed E-state index contributed by atoms with van der Waals surface area (Å²) in [5.74, 6) is 0.479. The lowest BCUT2D eigenvalue weighted by Crippen LogP contribution is -2.39. The Balaban J connectivity index is 1.71. The lowest BCUT2D eigenvalue weighted by Gasteiger charge is -2.31. The Bertz CT molecular complexity index is 541. The summed E-state index contributed by atoms with van der Waals surface area (Å²) in [6.45, 7) is 3.99. The molecule has 1 aromatic heterocycles. The number of aryl methyl sites for hydroxylation is 1. The molecule has 8 heteroatoms. The predicted octanol–water partition coefficient (Wildman–Crippen LogP) is 0.857. The van der Waals surface area contributed by atoms with Crippen LogP contribution < -0.4 is 16.0 Å². The highest BCUT2D eigenvalue weighted by Crippen LogP contribution is 2.20. The number of nitrogens with one attached hydrogen (secondary N) is 1. The molecular weight excluding hydrogens is 310 g/mol. The standard InChI is InChI=1S/C16H25N5O3/c1-2-3-13-9-18-15(19-10-13)21-6-4-12(5-7-21)8-20-16(23)24-11-14(17)22/h9-10,12H,2-8,11H2,1H3,(H2,17,22)(H,20,23). The fraction of sp³-hybridized carbons (Fsp3) is 0.625. The van der Waals surface area contributed by atoms with Crippen molar-refractivity contribution in [3.8, 4) is 0 Å². The first-order valence-corrected chi connectivity index (χ1v) is 8.33. The van der Waals surface area contributed by atoms with E-state index in [2.05, 4.69) is 31.8 Å². The van der Waals surface area contributed by atoms with E-state index in [0.29, 0.717) is 12.5 Å². The third-order valence-electron chi connectivity index (χ3n) is 4.01. The maximum absolute atomic E-state index is 11.4. The SMILES string of the molecule is CCCc1cnc(N2CCC(CNC(=O)OCC(N)=O)CC2)nc1. The number of nitrogens with zero attached hydrogens (tertiary/aromatic N) is 3. The number of carbonyl (C=O) groups is 2. The average molecular weight is 335 g/mol. The molecule has 0 spiro atoms. The second-order valence-electron chi connectivity index (χ2n) is 6.00. The van der Waals surface area contributed by atoms with Crippen molar-refractivity contribution in [2.24, 2.45) is 11.7 Å². The Labute approximate surface area is 141 Å². The van der Waals surface area contributed by atoms with Crippen molar-refractivity contribution in [3.05, 3.63) is 18.0 Å². The Kier molecular flexibility index (Phi) is 6.77. The average Bonchev–Trinajstić information content (AvgIpc) is 2.59. The van der Waals surface area contributed by atoms with Crippen LogP contribution in [0.4, 0.5) is 10.7 Å². The lowest BCUT2D eigenvalue weighted by atomic mass is 9.97. The second-order valence-corrected chi connectivity index (χ2v) is 6.00. The van der Waals surface area contributed by atoms with Crippen molar-refractivity contribution in [2.45, 2.75) is 32.6 Å². The first kappa shape index (κ1) is 18.0. The van der Waals surface area contributed by atoms with Crippen LogP contribution in [0.25, 0.3) is 0 Å². The van der Waals surface area contributed by atoms with Gasteiger partial charge in [0.15, 0.2) is 6.61 Å². The highest BCUT2D eigenvalue weighted by atomic mass is 16.6. The number of ether oxygens (including phenoxy) is 1. The van der Waals surface area contributed by atoms with Gasteiger partial charge < -0.3 is 20.7 Å². The summed E-state index contributed by atoms with van der Waals surface area (Å²) in [5.41, 5.74) is 6.08. The number of nitrogens with two attached hydrogens (primary N) is 1. The molecule has 132 valence electrons. The van der Waals surface area contributed by atoms with Gasteiger partial charge in [-0.2, -0.15) is 0 Å². The zero-order valence-electron chi connectivity index (χ0n) is 14.0. The molecule has 1 aliphatic rings. The summed E-state index contributed by atoms with van der Waals surface area (Å²) in [5, 5.41) is 2.67. The van der Waals surface area contributed by atoms with Crippen LogP contribution >= 0.6 is 0 Å². The molecule has 0 unspecified atom stereocenters. The van der Waals surface area contributed by atoms with Crippen LogP contribution in [0.15, 0.2) is 12.4 Å². The molecule has 1 fully saturated rings. The van der Waals surface area contributed by atoms with Crippen LogP contribution in [0.5, 0.6) is 0 Å². The van der Waals surface area contributed by atoms with Crippen molar-refractivity contribution in [1.29, 1.82) is 0 Å². The van der Waals surface area contributed by atoms with E-state index in [0.717, 1.165) is 50.3 Å². The number of rotatable bonds is 7. The quantitative estimate of drug-likeness (QED) is 0.764. The maximum Gasteiger partial charge on any atom is 0.407 e. The van der Waals surface area contributed by atoms with Gasteiger partial charge in [-0.3, -0.25) is 4.79 Å². The topological polar surface area (TPSA) is 110 Å². The highest BCUT2D eigenvalue weighted by Gasteiger charge is 2.21. The van der Waals surface area contributed by atoms with E-state index in [1.165, 1.54) is 0 Å². The van der Waals surface area contributed by atoms with Gasteiger partial charge in [0.05, 0.1) is 0 Å². The van der Waals surface area contributed by atoms with E-state index >= 15 is 0 Å². The van der Waals surface area contributed by atoms with Crippen LogP contribution in [0.1, 0.15) is 31.7 Å². The maximum atomic E-state index is 11.4. The molecule has 0 radical (unpaired) electrons. The van der Waals surface area contributed by atoms with E-state index < -0.39 is 18.6 Å². The fourth-order valence-electron chi connectivity index (χ4n) is 2.68. The van der Waals surface area contributed by atoms with E-state index in [9.17, 15) is 9.59 Å². The number of alkyl carbamates (subject to hydrolysis) is 1. The molecule has 3 N–H and O–H groups in total. The minimum Gasteiger partial charge on any atom is -0.439 e. The van der Waals surface area contributed by atoms with Crippen LogP contribution in [-0.2, 0) is 16.0 Å². The lowest BCUT2D eigenvalue weighted by molar-refractivity contribution is -0.120. The van der Waals surface area contributed by atoms with Crippen LogP contribution in [0.3, 0.4) is 0 Å². The first-order valence-electron chi connectivity index (χ1n) is 8.33. The molecule has 0 atom stereocenters. The molecule has 1 aromatic rings. The largest absolute Gasteiger partial charge is 0.439 e. The third-order valence-corrected chi connectivity index (χ3v) is 4.01. The molecular formula is C16H25N5O3. The fourth-order valence-corrected chi connectivity index (χ4v) is 2.68. The number of amides is 2. The molecule has 1 aliphatic heterocycles. The molecule has 24 heavy (non-hydrogen) atoms. The molecule has 2 heterocycles. The zero-order chi connectivity index (χ0) is 17.4. The van der Waals surface area contributed by atoms with E-state index in [1.54, 1.807) is 0 Å². The van der Waals surface area contributed by atoms with Gasteiger partial charge in [0, 0.05) is 32.0 Å². The van der Waals surface area contributed by atoms with Gasteiger partial charge in [0.25, 0.3) is 5.91 Å². The van der Waals surface area contributed by atoms with E-state index in [1.807, 2.05) is 12.4 Å². The van der Waals surface area contributed by atoms with E-state index in [4.69, 9.17) is 5.73 Å². The Morgan fingerprint density at radius 1 is 1.33 bits per heavy atom. The van der Waals surface area contributed by atoms with Crippen LogP contribution in [0, 0.1) is 5.92 Å². The number of primary amides is 1. The van der Waals surface area contributed by atoms with Gasteiger partial charge in [-0.05, 0) is 30.7 Å². The van der Waals surface area contributed by atoms with Crippen LogP contribution in [-0.4, -0.2) is 48.2 Å². The molecule has 0 aliphatic carbocycles. The zero-order valence-corrected chi connectivity index (χ0v) is 14.0. The molecule has 0 saturated carbocycles. The number of hydrogen-bond acceptors (Lipinski definition) is 6. The van der Waals surface area contributed by atoms with Crippen molar-refractivity contribution in [1.82, 2.24) is 15.3 Å². The van der Waals surface area contributed by atoms with Gasteiger partial charge in [-0.25, -0.2) is 14.8 Å². The molecule has 2 amide bonds. The highest BCUT2D eigenvalue weighted by molar-refractivity contribution is 5.78. The molecule has 1 saturated heterocycles. The van der Waals surface area contributed by atoms with Crippen molar-refractivity contribution < 1.29 is 14.3 Å². The molecule has 0 aromatic carbocycles. The predicted molar refractivity (Wildman–Crippen MR) is 89.5 cm³/mol. The van der Waals surface area contributed by atoms with Gasteiger partial charge in [0.1, 0.15) is 0 Å². The van der Waals surface area contributed by atoms with Gasteiger partial charge in [-0.1, -0.05) is 13.3 Å². The molecule has 0 bridgehead atoms. The monoisotopic (exact) mass is 335 g/mol.